The molecule has 0 saturated heterocycles. The van der Waals surface area contributed by atoms with Gasteiger partial charge in [-0.15, -0.1) is 0 Å². The van der Waals surface area contributed by atoms with Crippen LogP contribution in [-0.2, 0) is 22.6 Å². The van der Waals surface area contributed by atoms with Gasteiger partial charge >= 0.3 is 5.97 Å². The first-order chi connectivity index (χ1) is 18.8. The maximum Gasteiger partial charge on any atom is 0.307 e. The number of carboxylic acid groups (broad SMARTS) is 1. The van der Waals surface area contributed by atoms with Gasteiger partial charge in [-0.3, -0.25) is 9.78 Å². The Balaban J connectivity index is 1.16. The summed E-state index contributed by atoms with van der Waals surface area (Å²) in [7, 11) is 0. The first-order valence-corrected chi connectivity index (χ1v) is 14.3. The maximum atomic E-state index is 11.0. The van der Waals surface area contributed by atoms with Gasteiger partial charge in [0.1, 0.15) is 11.5 Å². The molecule has 0 aliphatic heterocycles. The Hall–Kier alpha value is -2.85. The third kappa shape index (κ3) is 5.33. The number of carboxylic acids is 1. The number of aliphatic carboxylic acids is 1. The molecule has 0 radical (unpaired) electrons. The number of aryl methyl sites for hydroxylation is 1. The summed E-state index contributed by atoms with van der Waals surface area (Å²) in [5, 5.41) is 14.3. The summed E-state index contributed by atoms with van der Waals surface area (Å²) in [6, 6.07) is 5.74. The Morgan fingerprint density at radius 1 is 1.13 bits per heavy atom. The molecule has 4 aliphatic carbocycles. The molecule has 4 fully saturated rings. The number of aromatic nitrogens is 2. The Morgan fingerprint density at radius 3 is 2.44 bits per heavy atom. The minimum absolute atomic E-state index is 0.0108. The second kappa shape index (κ2) is 10.3. The molecule has 39 heavy (non-hydrogen) atoms. The average molecular weight is 565 g/mol. The van der Waals surface area contributed by atoms with Crippen LogP contribution in [0.15, 0.2) is 35.1 Å². The van der Waals surface area contributed by atoms with Gasteiger partial charge in [0.05, 0.1) is 28.7 Å². The van der Waals surface area contributed by atoms with Gasteiger partial charge in [0.2, 0.25) is 0 Å². The number of nitrogens with zero attached hydrogens (tertiary/aromatic N) is 2. The quantitative estimate of drug-likeness (QED) is 0.298. The van der Waals surface area contributed by atoms with Crippen LogP contribution in [0.2, 0.25) is 10.0 Å². The number of hydrogen-bond acceptors (Lipinski definition) is 5. The fraction of sp³-hybridized carbons (Fsp3) is 0.452. The number of hydrogen-bond donors (Lipinski definition) is 1. The second-order valence-electron chi connectivity index (χ2n) is 11.3. The van der Waals surface area contributed by atoms with Crippen molar-refractivity contribution in [1.29, 1.82) is 0 Å². The molecule has 1 aromatic carbocycles. The summed E-state index contributed by atoms with van der Waals surface area (Å²) in [5.41, 5.74) is 4.89. The number of fused-ring (bicyclic) bond motifs is 3. The molecule has 2 heterocycles. The van der Waals surface area contributed by atoms with Crippen LogP contribution >= 0.6 is 23.2 Å². The standard InChI is InChI=1S/C31H30Cl2N2O4/c1-19-14-20(15-26(36)37)2-3-21(19)6-7-30-8-11-31(12-9-30,13-10-30)38-18-23-28(35-39-29(23)22-4-5-22)27-24(32)16-34-17-25(27)33/h2-3,14,16-17,22H,4-5,8-13,15,18H2,1H3,(H,36,37). The van der Waals surface area contributed by atoms with Crippen molar-refractivity contribution < 1.29 is 19.2 Å². The number of benzene rings is 1. The molecular formula is C31H30Cl2N2O4. The molecule has 2 bridgehead atoms. The molecule has 0 atom stereocenters. The molecule has 4 aliphatic rings. The van der Waals surface area contributed by atoms with E-state index in [9.17, 15) is 4.79 Å². The summed E-state index contributed by atoms with van der Waals surface area (Å²) in [5.74, 6) is 7.49. The van der Waals surface area contributed by atoms with Crippen LogP contribution < -0.4 is 0 Å². The van der Waals surface area contributed by atoms with E-state index in [1.54, 1.807) is 12.4 Å². The van der Waals surface area contributed by atoms with Gasteiger partial charge in [-0.2, -0.15) is 0 Å². The normalized spacial score (nSPS) is 23.9. The highest BCUT2D eigenvalue weighted by Crippen LogP contribution is 2.54. The van der Waals surface area contributed by atoms with Gasteiger partial charge in [0.15, 0.2) is 0 Å². The number of pyridine rings is 1. The van der Waals surface area contributed by atoms with E-state index in [1.807, 2.05) is 25.1 Å². The monoisotopic (exact) mass is 564 g/mol. The van der Waals surface area contributed by atoms with Gasteiger partial charge in [-0.1, -0.05) is 52.3 Å². The van der Waals surface area contributed by atoms with Crippen molar-refractivity contribution in [2.45, 2.75) is 82.8 Å². The van der Waals surface area contributed by atoms with Crippen molar-refractivity contribution in [2.75, 3.05) is 0 Å². The van der Waals surface area contributed by atoms with Crippen LogP contribution in [0.5, 0.6) is 0 Å². The molecule has 6 nitrogen and oxygen atoms in total. The van der Waals surface area contributed by atoms with Crippen molar-refractivity contribution in [3.63, 3.8) is 0 Å². The number of halogens is 2. The zero-order chi connectivity index (χ0) is 27.2. The van der Waals surface area contributed by atoms with Crippen LogP contribution in [0, 0.1) is 24.2 Å². The molecule has 202 valence electrons. The smallest absolute Gasteiger partial charge is 0.307 e. The SMILES string of the molecule is Cc1cc(CC(=O)O)ccc1C#CC12CCC(OCc3c(-c4c(Cl)cncc4Cl)noc3C3CC3)(CC1)CC2. The summed E-state index contributed by atoms with van der Waals surface area (Å²) in [6.07, 6.45) is 11.3. The Bertz CT molecular complexity index is 1450. The average Bonchev–Trinajstić information content (AvgIpc) is 3.68. The molecule has 8 heteroatoms. The van der Waals surface area contributed by atoms with Crippen molar-refractivity contribution in [3.8, 4) is 23.1 Å². The van der Waals surface area contributed by atoms with Crippen molar-refractivity contribution in [2.24, 2.45) is 5.41 Å². The summed E-state index contributed by atoms with van der Waals surface area (Å²) >= 11 is 12.9. The lowest BCUT2D eigenvalue weighted by Crippen LogP contribution is -2.47. The molecule has 2 aromatic heterocycles. The van der Waals surface area contributed by atoms with Crippen molar-refractivity contribution in [1.82, 2.24) is 10.1 Å². The second-order valence-corrected chi connectivity index (χ2v) is 12.2. The summed E-state index contributed by atoms with van der Waals surface area (Å²) < 4.78 is 12.5. The summed E-state index contributed by atoms with van der Waals surface area (Å²) in [4.78, 5) is 15.1. The highest BCUT2D eigenvalue weighted by Gasteiger charge is 2.49. The third-order valence-corrected chi connectivity index (χ3v) is 9.24. The van der Waals surface area contributed by atoms with Crippen LogP contribution in [0.3, 0.4) is 0 Å². The van der Waals surface area contributed by atoms with E-state index in [-0.39, 0.29) is 17.4 Å². The first-order valence-electron chi connectivity index (χ1n) is 13.5. The molecular weight excluding hydrogens is 535 g/mol. The lowest BCUT2D eigenvalue weighted by Gasteiger charge is -2.51. The first kappa shape index (κ1) is 26.4. The van der Waals surface area contributed by atoms with Crippen LogP contribution in [-0.4, -0.2) is 26.8 Å². The molecule has 1 N–H and O–H groups in total. The molecule has 3 aromatic rings. The zero-order valence-corrected chi connectivity index (χ0v) is 23.4. The maximum absolute atomic E-state index is 11.0. The predicted molar refractivity (Wildman–Crippen MR) is 149 cm³/mol. The highest BCUT2D eigenvalue weighted by molar-refractivity contribution is 6.38. The largest absolute Gasteiger partial charge is 0.481 e. The number of ether oxygens (including phenoxy) is 1. The minimum Gasteiger partial charge on any atom is -0.481 e. The van der Waals surface area contributed by atoms with E-state index < -0.39 is 5.97 Å². The molecule has 0 unspecified atom stereocenters. The van der Waals surface area contributed by atoms with E-state index in [1.165, 1.54) is 0 Å². The van der Waals surface area contributed by atoms with Crippen LogP contribution in [0.25, 0.3) is 11.3 Å². The fourth-order valence-electron chi connectivity index (χ4n) is 6.09. The lowest BCUT2D eigenvalue weighted by atomic mass is 9.59. The topological polar surface area (TPSA) is 85.5 Å². The molecule has 4 saturated carbocycles. The number of carbonyl (C=O) groups is 1. The lowest BCUT2D eigenvalue weighted by molar-refractivity contribution is -0.136. The van der Waals surface area contributed by atoms with E-state index in [2.05, 4.69) is 22.0 Å². The Kier molecular flexibility index (Phi) is 6.95. The van der Waals surface area contributed by atoms with E-state index in [0.717, 1.165) is 79.4 Å². The van der Waals surface area contributed by atoms with E-state index >= 15 is 0 Å². The highest BCUT2D eigenvalue weighted by atomic mass is 35.5. The Labute approximate surface area is 238 Å². The van der Waals surface area contributed by atoms with Gasteiger partial charge in [0.25, 0.3) is 0 Å². The van der Waals surface area contributed by atoms with Crippen molar-refractivity contribution >= 4 is 29.2 Å². The van der Waals surface area contributed by atoms with Gasteiger partial charge in [-0.25, -0.2) is 0 Å². The van der Waals surface area contributed by atoms with E-state index in [0.29, 0.717) is 33.8 Å². The van der Waals surface area contributed by atoms with Crippen molar-refractivity contribution in [3.05, 3.63) is 68.7 Å². The van der Waals surface area contributed by atoms with Gasteiger partial charge in [-0.05, 0) is 75.5 Å². The van der Waals surface area contributed by atoms with E-state index in [4.69, 9.17) is 37.6 Å². The van der Waals surface area contributed by atoms with Crippen LogP contribution in [0.1, 0.15) is 85.3 Å². The summed E-state index contributed by atoms with van der Waals surface area (Å²) in [6.45, 7) is 2.41. The van der Waals surface area contributed by atoms with Crippen LogP contribution in [0.4, 0.5) is 0 Å². The fourth-order valence-corrected chi connectivity index (χ4v) is 6.64. The third-order valence-electron chi connectivity index (χ3n) is 8.67. The van der Waals surface area contributed by atoms with Gasteiger partial charge in [0, 0.05) is 40.4 Å². The molecule has 0 spiro atoms. The minimum atomic E-state index is -0.823. The van der Waals surface area contributed by atoms with Gasteiger partial charge < -0.3 is 14.4 Å². The zero-order valence-electron chi connectivity index (χ0n) is 21.9. The Morgan fingerprint density at radius 2 is 1.82 bits per heavy atom. The molecule has 7 rings (SSSR count). The number of rotatable bonds is 7. The molecule has 0 amide bonds. The predicted octanol–water partition coefficient (Wildman–Crippen LogP) is 7.52.